The number of aromatic nitrogens is 1. The summed E-state index contributed by atoms with van der Waals surface area (Å²) in [5.74, 6) is 0.572. The van der Waals surface area contributed by atoms with Crippen molar-refractivity contribution in [3.8, 4) is 28.1 Å². The number of benzene rings is 3. The maximum Gasteiger partial charge on any atom is 0.257 e. The molecule has 0 radical (unpaired) electrons. The number of carbonyl (C=O) groups excluding carboxylic acids is 1. The topological polar surface area (TPSA) is 51.2 Å². The van der Waals surface area contributed by atoms with E-state index in [9.17, 15) is 4.79 Å². The molecule has 0 atom stereocenters. The molecule has 0 fully saturated rings. The van der Waals surface area contributed by atoms with E-state index in [0.717, 1.165) is 28.1 Å². The number of thiazole rings is 1. The largest absolute Gasteiger partial charge is 0.496 e. The van der Waals surface area contributed by atoms with Gasteiger partial charge in [0.25, 0.3) is 5.91 Å². The fourth-order valence-corrected chi connectivity index (χ4v) is 3.63. The lowest BCUT2D eigenvalue weighted by Gasteiger charge is -2.06. The second kappa shape index (κ2) is 8.06. The maximum atomic E-state index is 12.6. The van der Waals surface area contributed by atoms with E-state index >= 15 is 0 Å². The zero-order chi connectivity index (χ0) is 19.3. The summed E-state index contributed by atoms with van der Waals surface area (Å²) in [5, 5.41) is 5.34. The van der Waals surface area contributed by atoms with Crippen LogP contribution in [-0.2, 0) is 0 Å². The van der Waals surface area contributed by atoms with Gasteiger partial charge in [-0.15, -0.1) is 11.3 Å². The third kappa shape index (κ3) is 3.80. The first-order valence-corrected chi connectivity index (χ1v) is 9.68. The summed E-state index contributed by atoms with van der Waals surface area (Å²) in [4.78, 5) is 17.1. The Bertz CT molecular complexity index is 1090. The van der Waals surface area contributed by atoms with Crippen LogP contribution in [0.4, 0.5) is 5.13 Å². The quantitative estimate of drug-likeness (QED) is 0.476. The lowest BCUT2D eigenvalue weighted by Crippen LogP contribution is -2.11. The molecule has 1 amide bonds. The summed E-state index contributed by atoms with van der Waals surface area (Å²) < 4.78 is 5.38. The Labute approximate surface area is 167 Å². The van der Waals surface area contributed by atoms with Crippen molar-refractivity contribution in [1.82, 2.24) is 4.98 Å². The SMILES string of the molecule is COc1ccccc1-c1csc(NC(=O)c2ccc(-c3ccccc3)cc2)n1. The van der Waals surface area contributed by atoms with Crippen LogP contribution in [0, 0.1) is 0 Å². The van der Waals surface area contributed by atoms with Crippen molar-refractivity contribution in [2.75, 3.05) is 12.4 Å². The van der Waals surface area contributed by atoms with Crippen molar-refractivity contribution in [1.29, 1.82) is 0 Å². The highest BCUT2D eigenvalue weighted by Crippen LogP contribution is 2.32. The fraction of sp³-hybridized carbons (Fsp3) is 0.0435. The molecule has 0 aliphatic heterocycles. The Morgan fingerprint density at radius 3 is 2.32 bits per heavy atom. The fourth-order valence-electron chi connectivity index (χ4n) is 2.93. The molecule has 0 bridgehead atoms. The summed E-state index contributed by atoms with van der Waals surface area (Å²) in [6, 6.07) is 25.3. The molecule has 28 heavy (non-hydrogen) atoms. The van der Waals surface area contributed by atoms with E-state index in [1.807, 2.05) is 84.2 Å². The van der Waals surface area contributed by atoms with Gasteiger partial charge in [0.15, 0.2) is 5.13 Å². The summed E-state index contributed by atoms with van der Waals surface area (Å²) >= 11 is 1.39. The minimum atomic E-state index is -0.180. The van der Waals surface area contributed by atoms with Crippen LogP contribution in [0.5, 0.6) is 5.75 Å². The van der Waals surface area contributed by atoms with E-state index in [-0.39, 0.29) is 5.91 Å². The van der Waals surface area contributed by atoms with Crippen LogP contribution in [0.2, 0.25) is 0 Å². The molecular formula is C23H18N2O2S. The number of nitrogens with zero attached hydrogens (tertiary/aromatic N) is 1. The first-order chi connectivity index (χ1) is 13.7. The first kappa shape index (κ1) is 17.9. The molecule has 0 unspecified atom stereocenters. The van der Waals surface area contributed by atoms with Crippen molar-refractivity contribution >= 4 is 22.4 Å². The molecule has 138 valence electrons. The summed E-state index contributed by atoms with van der Waals surface area (Å²) in [6.07, 6.45) is 0. The first-order valence-electron chi connectivity index (χ1n) is 8.80. The number of anilines is 1. The Balaban J connectivity index is 1.49. The van der Waals surface area contributed by atoms with Gasteiger partial charge >= 0.3 is 0 Å². The molecule has 1 aromatic heterocycles. The van der Waals surface area contributed by atoms with E-state index in [2.05, 4.69) is 10.3 Å². The predicted molar refractivity (Wildman–Crippen MR) is 114 cm³/mol. The molecule has 3 aromatic carbocycles. The van der Waals surface area contributed by atoms with E-state index in [1.54, 1.807) is 7.11 Å². The van der Waals surface area contributed by atoms with E-state index in [1.165, 1.54) is 11.3 Å². The highest BCUT2D eigenvalue weighted by atomic mass is 32.1. The molecule has 0 aliphatic carbocycles. The molecule has 0 saturated heterocycles. The Morgan fingerprint density at radius 1 is 0.893 bits per heavy atom. The summed E-state index contributed by atoms with van der Waals surface area (Å²) in [6.45, 7) is 0. The molecule has 1 heterocycles. The number of nitrogens with one attached hydrogen (secondary N) is 1. The van der Waals surface area contributed by atoms with Gasteiger partial charge in [-0.05, 0) is 35.4 Å². The van der Waals surface area contributed by atoms with Crippen LogP contribution < -0.4 is 10.1 Å². The van der Waals surface area contributed by atoms with Crippen LogP contribution >= 0.6 is 11.3 Å². The normalized spacial score (nSPS) is 10.5. The van der Waals surface area contributed by atoms with Gasteiger partial charge in [-0.3, -0.25) is 10.1 Å². The van der Waals surface area contributed by atoms with E-state index in [0.29, 0.717) is 10.7 Å². The standard InChI is InChI=1S/C23H18N2O2S/c1-27-21-10-6-5-9-19(21)20-15-28-23(24-20)25-22(26)18-13-11-17(12-14-18)16-7-3-2-4-8-16/h2-15H,1H3,(H,24,25,26). The number of amides is 1. The third-order valence-electron chi connectivity index (χ3n) is 4.36. The lowest BCUT2D eigenvalue weighted by molar-refractivity contribution is 0.102. The highest BCUT2D eigenvalue weighted by molar-refractivity contribution is 7.14. The van der Waals surface area contributed by atoms with Crippen molar-refractivity contribution in [3.05, 3.63) is 89.8 Å². The molecule has 5 heteroatoms. The monoisotopic (exact) mass is 386 g/mol. The highest BCUT2D eigenvalue weighted by Gasteiger charge is 2.12. The van der Waals surface area contributed by atoms with Crippen LogP contribution in [0.25, 0.3) is 22.4 Å². The van der Waals surface area contributed by atoms with Crippen molar-refractivity contribution in [2.45, 2.75) is 0 Å². The second-order valence-electron chi connectivity index (χ2n) is 6.14. The Kier molecular flexibility index (Phi) is 5.17. The summed E-state index contributed by atoms with van der Waals surface area (Å²) in [7, 11) is 1.63. The molecule has 0 saturated carbocycles. The van der Waals surface area contributed by atoms with Gasteiger partial charge in [0, 0.05) is 16.5 Å². The maximum absolute atomic E-state index is 12.6. The average Bonchev–Trinajstić information content (AvgIpc) is 3.22. The number of carbonyl (C=O) groups is 1. The molecule has 0 spiro atoms. The smallest absolute Gasteiger partial charge is 0.257 e. The van der Waals surface area contributed by atoms with Gasteiger partial charge in [-0.25, -0.2) is 4.98 Å². The average molecular weight is 386 g/mol. The van der Waals surface area contributed by atoms with E-state index < -0.39 is 0 Å². The number of ether oxygens (including phenoxy) is 1. The van der Waals surface area contributed by atoms with Crippen LogP contribution in [0.3, 0.4) is 0 Å². The zero-order valence-corrected chi connectivity index (χ0v) is 16.1. The number of hydrogen-bond acceptors (Lipinski definition) is 4. The van der Waals surface area contributed by atoms with Crippen LogP contribution in [0.1, 0.15) is 10.4 Å². The van der Waals surface area contributed by atoms with Crippen LogP contribution in [0.15, 0.2) is 84.2 Å². The summed E-state index contributed by atoms with van der Waals surface area (Å²) in [5.41, 5.74) is 4.46. The molecule has 0 aliphatic rings. The molecule has 4 aromatic rings. The molecular weight excluding hydrogens is 368 g/mol. The van der Waals surface area contributed by atoms with Gasteiger partial charge in [-0.2, -0.15) is 0 Å². The third-order valence-corrected chi connectivity index (χ3v) is 5.12. The van der Waals surface area contributed by atoms with Gasteiger partial charge in [0.2, 0.25) is 0 Å². The Morgan fingerprint density at radius 2 is 1.57 bits per heavy atom. The molecule has 1 N–H and O–H groups in total. The van der Waals surface area contributed by atoms with Gasteiger partial charge in [-0.1, -0.05) is 54.6 Å². The van der Waals surface area contributed by atoms with Crippen LogP contribution in [-0.4, -0.2) is 18.0 Å². The number of methoxy groups -OCH3 is 1. The number of hydrogen-bond donors (Lipinski definition) is 1. The van der Waals surface area contributed by atoms with Gasteiger partial charge < -0.3 is 4.74 Å². The van der Waals surface area contributed by atoms with Crippen molar-refractivity contribution in [3.63, 3.8) is 0 Å². The second-order valence-corrected chi connectivity index (χ2v) is 6.99. The molecule has 4 rings (SSSR count). The minimum Gasteiger partial charge on any atom is -0.496 e. The molecule has 4 nitrogen and oxygen atoms in total. The Hall–Kier alpha value is -3.44. The van der Waals surface area contributed by atoms with Crippen molar-refractivity contribution < 1.29 is 9.53 Å². The van der Waals surface area contributed by atoms with Gasteiger partial charge in [0.05, 0.1) is 12.8 Å². The number of rotatable bonds is 5. The minimum absolute atomic E-state index is 0.180. The number of para-hydroxylation sites is 1. The zero-order valence-electron chi connectivity index (χ0n) is 15.3. The van der Waals surface area contributed by atoms with Crippen molar-refractivity contribution in [2.24, 2.45) is 0 Å². The predicted octanol–water partition coefficient (Wildman–Crippen LogP) is 5.74. The van der Waals surface area contributed by atoms with Gasteiger partial charge in [0.1, 0.15) is 5.75 Å². The van der Waals surface area contributed by atoms with E-state index in [4.69, 9.17) is 4.74 Å². The lowest BCUT2D eigenvalue weighted by atomic mass is 10.0.